The summed E-state index contributed by atoms with van der Waals surface area (Å²) in [5.74, 6) is -0.550. The van der Waals surface area contributed by atoms with Gasteiger partial charge in [0.1, 0.15) is 0 Å². The largest absolute Gasteiger partial charge is 0.349 e. The zero-order valence-electron chi connectivity index (χ0n) is 15.7. The van der Waals surface area contributed by atoms with Crippen molar-refractivity contribution in [3.8, 4) is 0 Å². The second-order valence-corrected chi connectivity index (χ2v) is 8.80. The number of hydrogen-bond donors (Lipinski definition) is 3. The average molecular weight is 401 g/mol. The Kier molecular flexibility index (Phi) is 5.81. The van der Waals surface area contributed by atoms with E-state index < -0.39 is 10.0 Å². The van der Waals surface area contributed by atoms with E-state index in [0.29, 0.717) is 16.8 Å². The van der Waals surface area contributed by atoms with E-state index in [4.69, 9.17) is 0 Å². The molecule has 1 fully saturated rings. The minimum absolute atomic E-state index is 0.0940. The van der Waals surface area contributed by atoms with E-state index in [-0.39, 0.29) is 28.8 Å². The van der Waals surface area contributed by atoms with Crippen molar-refractivity contribution in [2.75, 3.05) is 5.32 Å². The molecule has 0 saturated heterocycles. The molecule has 0 bridgehead atoms. The van der Waals surface area contributed by atoms with Crippen molar-refractivity contribution < 1.29 is 18.0 Å². The predicted octanol–water partition coefficient (Wildman–Crippen LogP) is 2.52. The van der Waals surface area contributed by atoms with Crippen LogP contribution in [0.5, 0.6) is 0 Å². The summed E-state index contributed by atoms with van der Waals surface area (Å²) in [5.41, 5.74) is 1.29. The van der Waals surface area contributed by atoms with Crippen molar-refractivity contribution in [1.29, 1.82) is 0 Å². The van der Waals surface area contributed by atoms with Gasteiger partial charge in [-0.05, 0) is 69.2 Å². The van der Waals surface area contributed by atoms with E-state index in [1.165, 1.54) is 24.3 Å². The van der Waals surface area contributed by atoms with Crippen LogP contribution in [0, 0.1) is 0 Å². The van der Waals surface area contributed by atoms with Gasteiger partial charge in [-0.2, -0.15) is 0 Å². The zero-order chi connectivity index (χ0) is 20.3. The lowest BCUT2D eigenvalue weighted by atomic mass is 10.1. The van der Waals surface area contributed by atoms with Gasteiger partial charge in [0.15, 0.2) is 0 Å². The van der Waals surface area contributed by atoms with Crippen molar-refractivity contribution in [1.82, 2.24) is 10.0 Å². The molecule has 8 heteroatoms. The van der Waals surface area contributed by atoms with Crippen LogP contribution in [0.15, 0.2) is 53.4 Å². The van der Waals surface area contributed by atoms with Crippen LogP contribution in [0.1, 0.15) is 47.4 Å². The van der Waals surface area contributed by atoms with Gasteiger partial charge in [0.25, 0.3) is 11.8 Å². The minimum atomic E-state index is -3.61. The van der Waals surface area contributed by atoms with Crippen LogP contribution in [0.25, 0.3) is 0 Å². The molecule has 3 N–H and O–H groups in total. The first kappa shape index (κ1) is 20.0. The molecule has 28 heavy (non-hydrogen) atoms. The summed E-state index contributed by atoms with van der Waals surface area (Å²) in [4.78, 5) is 24.7. The van der Waals surface area contributed by atoms with Gasteiger partial charge in [-0.1, -0.05) is 6.07 Å². The lowest BCUT2D eigenvalue weighted by molar-refractivity contribution is 0.0949. The average Bonchev–Trinajstić information content (AvgIpc) is 3.45. The Morgan fingerprint density at radius 3 is 2.25 bits per heavy atom. The molecular weight excluding hydrogens is 378 g/mol. The summed E-state index contributed by atoms with van der Waals surface area (Å²) in [7, 11) is -3.61. The fraction of sp³-hybridized carbons (Fsp3) is 0.300. The number of anilines is 1. The lowest BCUT2D eigenvalue weighted by Gasteiger charge is -2.10. The molecule has 1 aliphatic rings. The molecule has 7 nitrogen and oxygen atoms in total. The highest BCUT2D eigenvalue weighted by molar-refractivity contribution is 7.89. The monoisotopic (exact) mass is 401 g/mol. The maximum atomic E-state index is 12.4. The summed E-state index contributed by atoms with van der Waals surface area (Å²) in [6.07, 6.45) is 2.00. The summed E-state index contributed by atoms with van der Waals surface area (Å²) in [5, 5.41) is 5.63. The van der Waals surface area contributed by atoms with E-state index >= 15 is 0 Å². The highest BCUT2D eigenvalue weighted by Gasteiger charge is 2.24. The molecule has 2 amide bonds. The van der Waals surface area contributed by atoms with Crippen LogP contribution < -0.4 is 15.4 Å². The van der Waals surface area contributed by atoms with E-state index in [9.17, 15) is 18.0 Å². The van der Waals surface area contributed by atoms with Crippen LogP contribution in [-0.2, 0) is 10.0 Å². The van der Waals surface area contributed by atoms with E-state index in [0.717, 1.165) is 12.8 Å². The van der Waals surface area contributed by atoms with Crippen LogP contribution >= 0.6 is 0 Å². The maximum Gasteiger partial charge on any atom is 0.255 e. The number of rotatable bonds is 7. The van der Waals surface area contributed by atoms with Crippen molar-refractivity contribution in [3.63, 3.8) is 0 Å². The minimum Gasteiger partial charge on any atom is -0.349 e. The first-order valence-corrected chi connectivity index (χ1v) is 10.6. The summed E-state index contributed by atoms with van der Waals surface area (Å²) >= 11 is 0. The Morgan fingerprint density at radius 1 is 0.964 bits per heavy atom. The number of benzene rings is 2. The molecule has 0 heterocycles. The molecule has 1 saturated carbocycles. The molecule has 2 aromatic carbocycles. The number of sulfonamides is 1. The molecule has 1 aliphatic carbocycles. The van der Waals surface area contributed by atoms with E-state index in [1.54, 1.807) is 38.1 Å². The van der Waals surface area contributed by atoms with Crippen molar-refractivity contribution in [2.24, 2.45) is 0 Å². The summed E-state index contributed by atoms with van der Waals surface area (Å²) in [6.45, 7) is 3.47. The zero-order valence-corrected chi connectivity index (χ0v) is 16.5. The van der Waals surface area contributed by atoms with Crippen molar-refractivity contribution >= 4 is 27.5 Å². The third kappa shape index (κ3) is 5.17. The van der Waals surface area contributed by atoms with Gasteiger partial charge in [0, 0.05) is 28.9 Å². The number of nitrogens with one attached hydrogen (secondary N) is 3. The third-order valence-corrected chi connectivity index (χ3v) is 5.79. The summed E-state index contributed by atoms with van der Waals surface area (Å²) in [6, 6.07) is 12.4. The molecule has 0 radical (unpaired) electrons. The Morgan fingerprint density at radius 2 is 1.64 bits per heavy atom. The normalized spacial score (nSPS) is 14.0. The van der Waals surface area contributed by atoms with Crippen LogP contribution in [-0.4, -0.2) is 32.3 Å². The standard InChI is InChI=1S/C20H23N3O4S/c1-13(2)23-28(26,27)18-10-6-14(7-11-18)19(24)22-17-5-3-4-15(12-17)20(25)21-16-8-9-16/h3-7,10-13,16,23H,8-9H2,1-2H3,(H,21,25)(H,22,24). The highest BCUT2D eigenvalue weighted by atomic mass is 32.2. The lowest BCUT2D eigenvalue weighted by Crippen LogP contribution is -2.30. The summed E-state index contributed by atoms with van der Waals surface area (Å²) < 4.78 is 26.8. The molecule has 0 aromatic heterocycles. The third-order valence-electron chi connectivity index (χ3n) is 4.11. The number of carbonyl (C=O) groups is 2. The van der Waals surface area contributed by atoms with Crippen LogP contribution in [0.2, 0.25) is 0 Å². The van der Waals surface area contributed by atoms with Gasteiger partial charge in [-0.3, -0.25) is 9.59 Å². The fourth-order valence-corrected chi connectivity index (χ4v) is 3.85. The maximum absolute atomic E-state index is 12.4. The molecule has 2 aromatic rings. The second-order valence-electron chi connectivity index (χ2n) is 7.08. The molecule has 148 valence electrons. The van der Waals surface area contributed by atoms with Gasteiger partial charge in [0.2, 0.25) is 10.0 Å². The van der Waals surface area contributed by atoms with Gasteiger partial charge in [-0.25, -0.2) is 13.1 Å². The Balaban J connectivity index is 1.68. The molecule has 3 rings (SSSR count). The molecular formula is C20H23N3O4S. The Bertz CT molecular complexity index is 981. The molecule has 0 aliphatic heterocycles. The SMILES string of the molecule is CC(C)NS(=O)(=O)c1ccc(C(=O)Nc2cccc(C(=O)NC3CC3)c2)cc1. The first-order chi connectivity index (χ1) is 13.2. The fourth-order valence-electron chi connectivity index (χ4n) is 2.60. The van der Waals surface area contributed by atoms with Crippen molar-refractivity contribution in [3.05, 3.63) is 59.7 Å². The second kappa shape index (κ2) is 8.12. The van der Waals surface area contributed by atoms with Crippen LogP contribution in [0.3, 0.4) is 0 Å². The molecule has 0 spiro atoms. The smallest absolute Gasteiger partial charge is 0.255 e. The van der Waals surface area contributed by atoms with Gasteiger partial charge < -0.3 is 10.6 Å². The van der Waals surface area contributed by atoms with E-state index in [1.807, 2.05) is 0 Å². The Hall–Kier alpha value is -2.71. The topological polar surface area (TPSA) is 104 Å². The van der Waals surface area contributed by atoms with Crippen molar-refractivity contribution in [2.45, 2.75) is 43.7 Å². The Labute approximate surface area is 164 Å². The number of hydrogen-bond acceptors (Lipinski definition) is 4. The molecule has 0 atom stereocenters. The highest BCUT2D eigenvalue weighted by Crippen LogP contribution is 2.20. The number of carbonyl (C=O) groups excluding carboxylic acids is 2. The predicted molar refractivity (Wildman–Crippen MR) is 107 cm³/mol. The van der Waals surface area contributed by atoms with Gasteiger partial charge in [0.05, 0.1) is 4.90 Å². The molecule has 0 unspecified atom stereocenters. The first-order valence-electron chi connectivity index (χ1n) is 9.09. The number of amides is 2. The van der Waals surface area contributed by atoms with Crippen LogP contribution in [0.4, 0.5) is 5.69 Å². The quantitative estimate of drug-likeness (QED) is 0.663. The van der Waals surface area contributed by atoms with Gasteiger partial charge >= 0.3 is 0 Å². The van der Waals surface area contributed by atoms with Gasteiger partial charge in [-0.15, -0.1) is 0 Å². The van der Waals surface area contributed by atoms with E-state index in [2.05, 4.69) is 15.4 Å².